The van der Waals surface area contributed by atoms with Gasteiger partial charge in [-0.2, -0.15) is 0 Å². The summed E-state index contributed by atoms with van der Waals surface area (Å²) in [7, 11) is 0. The van der Waals surface area contributed by atoms with Gasteiger partial charge in [0.1, 0.15) is 0 Å². The van der Waals surface area contributed by atoms with E-state index in [2.05, 4.69) is 6.07 Å². The van der Waals surface area contributed by atoms with Crippen LogP contribution in [0.5, 0.6) is 0 Å². The van der Waals surface area contributed by atoms with Crippen LogP contribution < -0.4 is 11.5 Å². The van der Waals surface area contributed by atoms with Crippen molar-refractivity contribution in [2.24, 2.45) is 11.5 Å². The van der Waals surface area contributed by atoms with E-state index in [0.717, 1.165) is 22.3 Å². The lowest BCUT2D eigenvalue weighted by Crippen LogP contribution is -2.36. The van der Waals surface area contributed by atoms with Crippen molar-refractivity contribution in [3.63, 3.8) is 0 Å². The van der Waals surface area contributed by atoms with E-state index >= 15 is 0 Å². The molecule has 3 aromatic rings. The minimum absolute atomic E-state index is 0. The molecule has 0 unspecified atom stereocenters. The Bertz CT molecular complexity index is 905. The van der Waals surface area contributed by atoms with Gasteiger partial charge in [-0.05, 0) is 22.3 Å². The predicted molar refractivity (Wildman–Crippen MR) is 136 cm³/mol. The SMILES string of the molecule is Cl.Cl.N=C(N)N(Cc1ccccc1)Cc1cccc(CN(Cc2ccccc2)C(=N)N)c1. The van der Waals surface area contributed by atoms with Crippen LogP contribution >= 0.6 is 24.8 Å². The van der Waals surface area contributed by atoms with Gasteiger partial charge in [-0.3, -0.25) is 10.8 Å². The average Bonchev–Trinajstić information content (AvgIpc) is 2.74. The smallest absolute Gasteiger partial charge is 0.188 e. The van der Waals surface area contributed by atoms with Gasteiger partial charge in [0.15, 0.2) is 11.9 Å². The van der Waals surface area contributed by atoms with Gasteiger partial charge in [0.2, 0.25) is 0 Å². The van der Waals surface area contributed by atoms with Crippen molar-refractivity contribution in [1.29, 1.82) is 10.8 Å². The molecule has 170 valence electrons. The Morgan fingerprint density at radius 3 is 1.19 bits per heavy atom. The van der Waals surface area contributed by atoms with Gasteiger partial charge < -0.3 is 21.3 Å². The highest BCUT2D eigenvalue weighted by Crippen LogP contribution is 2.14. The molecule has 0 spiro atoms. The number of nitrogens with one attached hydrogen (secondary N) is 2. The molecule has 0 aromatic heterocycles. The molecule has 0 aliphatic heterocycles. The Morgan fingerprint density at radius 2 is 0.844 bits per heavy atom. The maximum atomic E-state index is 7.95. The summed E-state index contributed by atoms with van der Waals surface area (Å²) in [4.78, 5) is 3.67. The molecule has 6 nitrogen and oxygen atoms in total. The maximum absolute atomic E-state index is 7.95. The van der Waals surface area contributed by atoms with Crippen LogP contribution in [0.4, 0.5) is 0 Å². The molecule has 0 aliphatic rings. The Kier molecular flexibility index (Phi) is 11.1. The van der Waals surface area contributed by atoms with Crippen molar-refractivity contribution < 1.29 is 0 Å². The van der Waals surface area contributed by atoms with Gasteiger partial charge in [-0.25, -0.2) is 0 Å². The first kappa shape index (κ1) is 26.8. The largest absolute Gasteiger partial charge is 0.370 e. The molecule has 0 aliphatic carbocycles. The van der Waals surface area contributed by atoms with Crippen molar-refractivity contribution in [3.8, 4) is 0 Å². The molecule has 0 saturated carbocycles. The summed E-state index contributed by atoms with van der Waals surface area (Å²) in [5, 5.41) is 15.9. The van der Waals surface area contributed by atoms with Crippen LogP contribution in [0.3, 0.4) is 0 Å². The van der Waals surface area contributed by atoms with Crippen LogP contribution in [0, 0.1) is 10.8 Å². The molecule has 32 heavy (non-hydrogen) atoms. The number of nitrogens with zero attached hydrogens (tertiary/aromatic N) is 2. The van der Waals surface area contributed by atoms with E-state index in [1.54, 1.807) is 0 Å². The van der Waals surface area contributed by atoms with Gasteiger partial charge >= 0.3 is 0 Å². The minimum Gasteiger partial charge on any atom is -0.370 e. The van der Waals surface area contributed by atoms with Crippen molar-refractivity contribution >= 4 is 36.7 Å². The van der Waals surface area contributed by atoms with Crippen LogP contribution in [0.15, 0.2) is 84.9 Å². The van der Waals surface area contributed by atoms with E-state index in [9.17, 15) is 0 Å². The zero-order valence-corrected chi connectivity index (χ0v) is 19.4. The van der Waals surface area contributed by atoms with E-state index in [-0.39, 0.29) is 36.7 Å². The first-order chi connectivity index (χ1) is 14.5. The monoisotopic (exact) mass is 472 g/mol. The molecule has 0 saturated heterocycles. The highest BCUT2D eigenvalue weighted by Gasteiger charge is 2.12. The van der Waals surface area contributed by atoms with E-state index in [1.807, 2.05) is 88.7 Å². The molecule has 3 aromatic carbocycles. The second-order valence-corrected chi connectivity index (χ2v) is 7.27. The summed E-state index contributed by atoms with van der Waals surface area (Å²) in [5.41, 5.74) is 16.0. The molecule has 6 N–H and O–H groups in total. The van der Waals surface area contributed by atoms with Gasteiger partial charge in [0, 0.05) is 26.2 Å². The third-order valence-electron chi connectivity index (χ3n) is 4.85. The third kappa shape index (κ3) is 8.13. The summed E-state index contributed by atoms with van der Waals surface area (Å²) in [6, 6.07) is 28.1. The lowest BCUT2D eigenvalue weighted by atomic mass is 10.1. The average molecular weight is 473 g/mol. The van der Waals surface area contributed by atoms with Crippen LogP contribution in [0.1, 0.15) is 22.3 Å². The predicted octanol–water partition coefficient (Wildman–Crippen LogP) is 4.32. The summed E-state index contributed by atoms with van der Waals surface area (Å²) in [5.74, 6) is 0.0809. The molecule has 3 rings (SSSR count). The first-order valence-electron chi connectivity index (χ1n) is 9.85. The molecule has 0 atom stereocenters. The topological polar surface area (TPSA) is 106 Å². The molecule has 0 bridgehead atoms. The first-order valence-corrected chi connectivity index (χ1v) is 9.85. The normalized spacial score (nSPS) is 9.75. The van der Waals surface area contributed by atoms with Crippen molar-refractivity contribution in [2.75, 3.05) is 0 Å². The third-order valence-corrected chi connectivity index (χ3v) is 4.85. The molecular formula is C24H30Cl2N6. The summed E-state index contributed by atoms with van der Waals surface area (Å²) >= 11 is 0. The Labute approximate surface area is 202 Å². The van der Waals surface area contributed by atoms with Gasteiger partial charge in [-0.15, -0.1) is 24.8 Å². The van der Waals surface area contributed by atoms with Gasteiger partial charge in [-0.1, -0.05) is 84.9 Å². The lowest BCUT2D eigenvalue weighted by Gasteiger charge is -2.25. The van der Waals surface area contributed by atoms with Crippen LogP contribution in [0.2, 0.25) is 0 Å². The minimum atomic E-state index is 0. The fourth-order valence-corrected chi connectivity index (χ4v) is 3.33. The number of guanidine groups is 2. The molecular weight excluding hydrogens is 443 g/mol. The van der Waals surface area contributed by atoms with E-state index < -0.39 is 0 Å². The fourth-order valence-electron chi connectivity index (χ4n) is 3.33. The van der Waals surface area contributed by atoms with E-state index in [4.69, 9.17) is 22.3 Å². The van der Waals surface area contributed by atoms with Crippen LogP contribution in [-0.2, 0) is 26.2 Å². The van der Waals surface area contributed by atoms with Crippen molar-refractivity contribution in [2.45, 2.75) is 26.2 Å². The summed E-state index contributed by atoms with van der Waals surface area (Å²) in [6.45, 7) is 2.23. The fraction of sp³-hybridized carbons (Fsp3) is 0.167. The molecule has 0 fully saturated rings. The molecule has 8 heteroatoms. The summed E-state index contributed by atoms with van der Waals surface area (Å²) < 4.78 is 0. The van der Waals surface area contributed by atoms with Crippen molar-refractivity contribution in [3.05, 3.63) is 107 Å². The van der Waals surface area contributed by atoms with E-state index in [0.29, 0.717) is 26.2 Å². The zero-order chi connectivity index (χ0) is 21.3. The van der Waals surface area contributed by atoms with E-state index in [1.165, 1.54) is 0 Å². The van der Waals surface area contributed by atoms with Gasteiger partial charge in [0.25, 0.3) is 0 Å². The number of nitrogens with two attached hydrogens (primary N) is 2. The standard InChI is InChI=1S/C24H28N6.2ClH/c25-23(26)29(15-19-8-3-1-4-9-19)17-21-12-7-13-22(14-21)18-30(24(27)28)16-20-10-5-2-6-11-20;;/h1-14H,15-18H2,(H3,25,26)(H3,27,28);2*1H. The summed E-state index contributed by atoms with van der Waals surface area (Å²) in [6.07, 6.45) is 0. The Hall–Kier alpha value is -3.22. The highest BCUT2D eigenvalue weighted by atomic mass is 35.5. The Morgan fingerprint density at radius 1 is 0.531 bits per heavy atom. The zero-order valence-electron chi connectivity index (χ0n) is 17.8. The quantitative estimate of drug-likeness (QED) is 0.289. The molecule has 0 radical (unpaired) electrons. The number of hydrogen-bond acceptors (Lipinski definition) is 2. The second kappa shape index (κ2) is 13.2. The number of rotatable bonds is 8. The molecule has 0 heterocycles. The lowest BCUT2D eigenvalue weighted by molar-refractivity contribution is 0.392. The molecule has 0 amide bonds. The van der Waals surface area contributed by atoms with Gasteiger partial charge in [0.05, 0.1) is 0 Å². The maximum Gasteiger partial charge on any atom is 0.188 e. The van der Waals surface area contributed by atoms with Crippen LogP contribution in [0.25, 0.3) is 0 Å². The Balaban J connectivity index is 0.00000256. The number of benzene rings is 3. The van der Waals surface area contributed by atoms with Crippen molar-refractivity contribution in [1.82, 2.24) is 9.80 Å². The highest BCUT2D eigenvalue weighted by molar-refractivity contribution is 5.85. The number of halogens is 2. The second-order valence-electron chi connectivity index (χ2n) is 7.27. The number of hydrogen-bond donors (Lipinski definition) is 4. The van der Waals surface area contributed by atoms with Crippen LogP contribution in [-0.4, -0.2) is 21.7 Å².